The number of benzene rings is 1. The molecular weight excluding hydrogens is 378 g/mol. The molecule has 0 aliphatic carbocycles. The van der Waals surface area contributed by atoms with Crippen molar-refractivity contribution in [3.8, 4) is 17.4 Å². The number of rotatable bonds is 3. The second-order valence-electron chi connectivity index (χ2n) is 3.92. The summed E-state index contributed by atoms with van der Waals surface area (Å²) in [7, 11) is 0. The van der Waals surface area contributed by atoms with E-state index < -0.39 is 0 Å². The van der Waals surface area contributed by atoms with Crippen LogP contribution in [0.3, 0.4) is 0 Å². The Morgan fingerprint density at radius 3 is 2.84 bits per heavy atom. The van der Waals surface area contributed by atoms with E-state index >= 15 is 0 Å². The molecule has 0 bridgehead atoms. The number of ether oxygens (including phenoxy) is 3. The average molecular weight is 387 g/mol. The van der Waals surface area contributed by atoms with Gasteiger partial charge in [-0.15, -0.1) is 0 Å². The van der Waals surface area contributed by atoms with Crippen molar-refractivity contribution in [3.05, 3.63) is 45.0 Å². The Morgan fingerprint density at radius 2 is 2.00 bits per heavy atom. The molecule has 0 saturated heterocycles. The fourth-order valence-electron chi connectivity index (χ4n) is 1.69. The fourth-order valence-corrected chi connectivity index (χ4v) is 2.79. The second kappa shape index (κ2) is 5.38. The summed E-state index contributed by atoms with van der Waals surface area (Å²) in [6.07, 6.45) is 1.69. The lowest BCUT2D eigenvalue weighted by atomic mass is 10.2. The van der Waals surface area contributed by atoms with E-state index in [9.17, 15) is 0 Å². The monoisotopic (exact) mass is 385 g/mol. The number of hydrogen-bond acceptors (Lipinski definition) is 4. The quantitative estimate of drug-likeness (QED) is 0.801. The van der Waals surface area contributed by atoms with Crippen LogP contribution in [0.25, 0.3) is 0 Å². The summed E-state index contributed by atoms with van der Waals surface area (Å²) >= 11 is 6.76. The number of nitrogens with zero attached hydrogens (tertiary/aromatic N) is 1. The Morgan fingerprint density at radius 1 is 1.16 bits per heavy atom. The first kappa shape index (κ1) is 12.7. The highest BCUT2D eigenvalue weighted by molar-refractivity contribution is 9.11. The molecule has 0 radical (unpaired) electrons. The summed E-state index contributed by atoms with van der Waals surface area (Å²) in [4.78, 5) is 4.19. The summed E-state index contributed by atoms with van der Waals surface area (Å²) in [5.41, 5.74) is 1.00. The molecule has 0 unspecified atom stereocenters. The minimum absolute atomic E-state index is 0.277. The van der Waals surface area contributed by atoms with Crippen LogP contribution in [0.5, 0.6) is 17.4 Å². The number of halogens is 2. The first-order valence-electron chi connectivity index (χ1n) is 5.55. The topological polar surface area (TPSA) is 40.6 Å². The third kappa shape index (κ3) is 2.84. The standard InChI is InChI=1S/C13H9Br2NO3/c14-9-4-10(15)13(16-5-9)17-6-8-1-2-11-12(3-8)19-7-18-11/h1-5H,6-7H2. The minimum atomic E-state index is 0.277. The van der Waals surface area contributed by atoms with Crippen molar-refractivity contribution >= 4 is 31.9 Å². The molecule has 1 aliphatic heterocycles. The largest absolute Gasteiger partial charge is 0.472 e. The van der Waals surface area contributed by atoms with Gasteiger partial charge < -0.3 is 14.2 Å². The fraction of sp³-hybridized carbons (Fsp3) is 0.154. The summed E-state index contributed by atoms with van der Waals surface area (Å²) in [6.45, 7) is 0.698. The van der Waals surface area contributed by atoms with E-state index in [0.29, 0.717) is 12.5 Å². The van der Waals surface area contributed by atoms with Gasteiger partial charge in [0.15, 0.2) is 11.5 Å². The Kier molecular flexibility index (Phi) is 3.61. The van der Waals surface area contributed by atoms with Crippen molar-refractivity contribution < 1.29 is 14.2 Å². The van der Waals surface area contributed by atoms with Crippen molar-refractivity contribution in [2.45, 2.75) is 6.61 Å². The second-order valence-corrected chi connectivity index (χ2v) is 5.69. The van der Waals surface area contributed by atoms with Gasteiger partial charge in [-0.2, -0.15) is 0 Å². The summed E-state index contributed by atoms with van der Waals surface area (Å²) in [6, 6.07) is 7.63. The molecule has 2 aromatic rings. The van der Waals surface area contributed by atoms with Crippen LogP contribution in [0, 0.1) is 0 Å². The van der Waals surface area contributed by atoms with E-state index in [-0.39, 0.29) is 6.79 Å². The van der Waals surface area contributed by atoms with E-state index in [1.807, 2.05) is 24.3 Å². The molecule has 0 spiro atoms. The van der Waals surface area contributed by atoms with Crippen molar-refractivity contribution in [3.63, 3.8) is 0 Å². The van der Waals surface area contributed by atoms with E-state index in [1.54, 1.807) is 6.20 Å². The lowest BCUT2D eigenvalue weighted by molar-refractivity contribution is 0.174. The zero-order chi connectivity index (χ0) is 13.2. The van der Waals surface area contributed by atoms with E-state index in [4.69, 9.17) is 14.2 Å². The van der Waals surface area contributed by atoms with Gasteiger partial charge in [-0.05, 0) is 55.6 Å². The van der Waals surface area contributed by atoms with Crippen molar-refractivity contribution in [2.75, 3.05) is 6.79 Å². The number of hydrogen-bond donors (Lipinski definition) is 0. The SMILES string of the molecule is Brc1cnc(OCc2ccc3c(c2)OCO3)c(Br)c1. The highest BCUT2D eigenvalue weighted by Gasteiger charge is 2.13. The smallest absolute Gasteiger partial charge is 0.231 e. The minimum Gasteiger partial charge on any atom is -0.472 e. The van der Waals surface area contributed by atoms with Crippen molar-refractivity contribution in [1.29, 1.82) is 0 Å². The van der Waals surface area contributed by atoms with Gasteiger partial charge in [-0.1, -0.05) is 6.07 Å². The first-order chi connectivity index (χ1) is 9.22. The molecule has 19 heavy (non-hydrogen) atoms. The molecular formula is C13H9Br2NO3. The number of fused-ring (bicyclic) bond motifs is 1. The number of pyridine rings is 1. The predicted octanol–water partition coefficient (Wildman–Crippen LogP) is 3.91. The summed E-state index contributed by atoms with van der Waals surface area (Å²) < 4.78 is 18.0. The molecule has 6 heteroatoms. The molecule has 0 amide bonds. The summed E-state index contributed by atoms with van der Waals surface area (Å²) in [5.74, 6) is 2.08. The van der Waals surface area contributed by atoms with Crippen LogP contribution in [0.4, 0.5) is 0 Å². The molecule has 98 valence electrons. The molecule has 2 heterocycles. The van der Waals surface area contributed by atoms with Gasteiger partial charge in [0.05, 0.1) is 4.47 Å². The van der Waals surface area contributed by atoms with Crippen LogP contribution in [-0.2, 0) is 6.61 Å². The van der Waals surface area contributed by atoms with Gasteiger partial charge >= 0.3 is 0 Å². The molecule has 1 aromatic carbocycles. The average Bonchev–Trinajstić information content (AvgIpc) is 2.85. The maximum absolute atomic E-state index is 5.66. The number of aromatic nitrogens is 1. The molecule has 0 fully saturated rings. The molecule has 0 N–H and O–H groups in total. The van der Waals surface area contributed by atoms with Crippen LogP contribution in [0.15, 0.2) is 39.4 Å². The molecule has 1 aromatic heterocycles. The lowest BCUT2D eigenvalue weighted by Gasteiger charge is -2.07. The molecule has 3 rings (SSSR count). The molecule has 4 nitrogen and oxygen atoms in total. The normalized spacial score (nSPS) is 12.5. The molecule has 1 aliphatic rings. The van der Waals surface area contributed by atoms with Gasteiger partial charge in [-0.3, -0.25) is 0 Å². The summed E-state index contributed by atoms with van der Waals surface area (Å²) in [5, 5.41) is 0. The Labute approximate surface area is 127 Å². The Balaban J connectivity index is 1.72. The Hall–Kier alpha value is -1.27. The van der Waals surface area contributed by atoms with Crippen LogP contribution < -0.4 is 14.2 Å². The highest BCUT2D eigenvalue weighted by atomic mass is 79.9. The van der Waals surface area contributed by atoms with E-state index in [1.165, 1.54) is 0 Å². The van der Waals surface area contributed by atoms with E-state index in [2.05, 4.69) is 36.8 Å². The third-order valence-electron chi connectivity index (χ3n) is 2.59. The maximum Gasteiger partial charge on any atom is 0.231 e. The van der Waals surface area contributed by atoms with Gasteiger partial charge in [0.1, 0.15) is 6.61 Å². The zero-order valence-corrected chi connectivity index (χ0v) is 12.9. The van der Waals surface area contributed by atoms with Crippen molar-refractivity contribution in [1.82, 2.24) is 4.98 Å². The first-order valence-corrected chi connectivity index (χ1v) is 7.13. The van der Waals surface area contributed by atoms with Crippen LogP contribution in [0.2, 0.25) is 0 Å². The third-order valence-corrected chi connectivity index (χ3v) is 3.59. The van der Waals surface area contributed by atoms with Crippen molar-refractivity contribution in [2.24, 2.45) is 0 Å². The highest BCUT2D eigenvalue weighted by Crippen LogP contribution is 2.33. The maximum atomic E-state index is 5.66. The predicted molar refractivity (Wildman–Crippen MR) is 76.5 cm³/mol. The van der Waals surface area contributed by atoms with Gasteiger partial charge in [0, 0.05) is 10.7 Å². The Bertz CT molecular complexity index is 619. The molecule has 0 saturated carbocycles. The van der Waals surface area contributed by atoms with Crippen LogP contribution in [0.1, 0.15) is 5.56 Å². The van der Waals surface area contributed by atoms with Gasteiger partial charge in [0.2, 0.25) is 12.7 Å². The molecule has 0 atom stereocenters. The zero-order valence-electron chi connectivity index (χ0n) is 9.73. The van der Waals surface area contributed by atoms with Crippen LogP contribution in [-0.4, -0.2) is 11.8 Å². The van der Waals surface area contributed by atoms with Gasteiger partial charge in [-0.25, -0.2) is 4.98 Å². The lowest BCUT2D eigenvalue weighted by Crippen LogP contribution is -1.98. The van der Waals surface area contributed by atoms with E-state index in [0.717, 1.165) is 26.0 Å². The van der Waals surface area contributed by atoms with Crippen LogP contribution >= 0.6 is 31.9 Å². The van der Waals surface area contributed by atoms with Gasteiger partial charge in [0.25, 0.3) is 0 Å².